The fourth-order valence-corrected chi connectivity index (χ4v) is 2.06. The van der Waals surface area contributed by atoms with E-state index in [0.29, 0.717) is 6.61 Å². The van der Waals surface area contributed by atoms with Gasteiger partial charge in [-0.05, 0) is 42.5 Å². The van der Waals surface area contributed by atoms with Crippen LogP contribution in [0.25, 0.3) is 0 Å². The van der Waals surface area contributed by atoms with Gasteiger partial charge < -0.3 is 9.47 Å². The maximum Gasteiger partial charge on any atom is 0.417 e. The highest BCUT2D eigenvalue weighted by Crippen LogP contribution is 2.13. The number of hydrogen-bond donors (Lipinski definition) is 0. The van der Waals surface area contributed by atoms with Crippen molar-refractivity contribution in [3.05, 3.63) is 65.7 Å². The van der Waals surface area contributed by atoms with Gasteiger partial charge in [-0.2, -0.15) is 0 Å². The molecule has 0 heterocycles. The normalized spacial score (nSPS) is 10.1. The van der Waals surface area contributed by atoms with E-state index in [0.717, 1.165) is 30.6 Å². The predicted molar refractivity (Wildman–Crippen MR) is 81.8 cm³/mol. The first-order chi connectivity index (χ1) is 10.4. The molecule has 0 aliphatic carbocycles. The van der Waals surface area contributed by atoms with Crippen LogP contribution in [-0.2, 0) is 22.6 Å². The SMILES string of the molecule is O=[C]OCc1ccc(OCCCCc2ccccc2)cc1. The van der Waals surface area contributed by atoms with Gasteiger partial charge >= 0.3 is 6.47 Å². The molecule has 0 aliphatic rings. The minimum atomic E-state index is 0.251. The number of benzene rings is 2. The highest BCUT2D eigenvalue weighted by atomic mass is 16.5. The van der Waals surface area contributed by atoms with E-state index in [9.17, 15) is 4.79 Å². The van der Waals surface area contributed by atoms with E-state index in [1.165, 1.54) is 12.0 Å². The second-order valence-electron chi connectivity index (χ2n) is 4.81. The molecule has 0 unspecified atom stereocenters. The molecule has 0 fully saturated rings. The summed E-state index contributed by atoms with van der Waals surface area (Å²) in [5.41, 5.74) is 2.30. The lowest BCUT2D eigenvalue weighted by Gasteiger charge is -2.07. The standard InChI is InChI=1S/C18H19O3/c19-15-20-14-17-9-11-18(12-10-17)21-13-5-4-8-16-6-2-1-3-7-16/h1-3,6-7,9-12H,4-5,8,13-14H2. The van der Waals surface area contributed by atoms with Crippen molar-refractivity contribution in [1.29, 1.82) is 0 Å². The molecule has 0 saturated heterocycles. The molecular weight excluding hydrogens is 264 g/mol. The smallest absolute Gasteiger partial charge is 0.417 e. The molecule has 3 nitrogen and oxygen atoms in total. The van der Waals surface area contributed by atoms with Gasteiger partial charge in [0.15, 0.2) is 0 Å². The van der Waals surface area contributed by atoms with Crippen molar-refractivity contribution in [1.82, 2.24) is 0 Å². The lowest BCUT2D eigenvalue weighted by atomic mass is 10.1. The molecule has 0 spiro atoms. The fraction of sp³-hybridized carbons (Fsp3) is 0.278. The summed E-state index contributed by atoms with van der Waals surface area (Å²) in [5.74, 6) is 0.841. The average molecular weight is 283 g/mol. The summed E-state index contributed by atoms with van der Waals surface area (Å²) in [5, 5.41) is 0. The Labute approximate surface area is 125 Å². The van der Waals surface area contributed by atoms with Gasteiger partial charge in [0.2, 0.25) is 0 Å². The van der Waals surface area contributed by atoms with E-state index < -0.39 is 0 Å². The van der Waals surface area contributed by atoms with Crippen molar-refractivity contribution in [2.75, 3.05) is 6.61 Å². The molecule has 0 N–H and O–H groups in total. The molecule has 109 valence electrons. The average Bonchev–Trinajstić information content (AvgIpc) is 2.55. The van der Waals surface area contributed by atoms with Crippen LogP contribution in [0.4, 0.5) is 0 Å². The van der Waals surface area contributed by atoms with Crippen molar-refractivity contribution in [2.45, 2.75) is 25.9 Å². The zero-order chi connectivity index (χ0) is 14.8. The summed E-state index contributed by atoms with van der Waals surface area (Å²) in [6, 6.07) is 18.0. The van der Waals surface area contributed by atoms with Crippen LogP contribution >= 0.6 is 0 Å². The Kier molecular flexibility index (Phi) is 6.33. The quantitative estimate of drug-likeness (QED) is 0.659. The van der Waals surface area contributed by atoms with Crippen LogP contribution in [0.1, 0.15) is 24.0 Å². The molecule has 0 atom stereocenters. The Balaban J connectivity index is 1.63. The summed E-state index contributed by atoms with van der Waals surface area (Å²) >= 11 is 0. The molecule has 3 heteroatoms. The highest BCUT2D eigenvalue weighted by molar-refractivity contribution is 5.38. The summed E-state index contributed by atoms with van der Waals surface area (Å²) < 4.78 is 10.3. The molecule has 0 amide bonds. The van der Waals surface area contributed by atoms with Gasteiger partial charge in [-0.15, -0.1) is 0 Å². The molecule has 0 bridgehead atoms. The van der Waals surface area contributed by atoms with Gasteiger partial charge in [-0.3, -0.25) is 0 Å². The van der Waals surface area contributed by atoms with E-state index >= 15 is 0 Å². The van der Waals surface area contributed by atoms with E-state index in [1.54, 1.807) is 0 Å². The molecule has 2 aromatic carbocycles. The number of unbranched alkanes of at least 4 members (excludes halogenated alkanes) is 1. The minimum absolute atomic E-state index is 0.251. The second kappa shape index (κ2) is 8.80. The zero-order valence-electron chi connectivity index (χ0n) is 12.0. The Morgan fingerprint density at radius 2 is 1.62 bits per heavy atom. The van der Waals surface area contributed by atoms with Gasteiger partial charge in [-0.25, -0.2) is 4.79 Å². The molecule has 0 aliphatic heterocycles. The Bertz CT molecular complexity index is 520. The fourth-order valence-electron chi connectivity index (χ4n) is 2.06. The van der Waals surface area contributed by atoms with Crippen LogP contribution in [-0.4, -0.2) is 13.1 Å². The third-order valence-electron chi connectivity index (χ3n) is 3.19. The number of ether oxygens (including phenoxy) is 2. The number of carbonyl (C=O) groups excluding carboxylic acids is 1. The number of rotatable bonds is 9. The van der Waals surface area contributed by atoms with Gasteiger partial charge in [0, 0.05) is 0 Å². The van der Waals surface area contributed by atoms with Crippen LogP contribution in [0.2, 0.25) is 0 Å². The topological polar surface area (TPSA) is 35.5 Å². The van der Waals surface area contributed by atoms with Crippen molar-refractivity contribution in [3.8, 4) is 5.75 Å². The Morgan fingerprint density at radius 3 is 2.33 bits per heavy atom. The summed E-state index contributed by atoms with van der Waals surface area (Å²) in [4.78, 5) is 9.98. The summed E-state index contributed by atoms with van der Waals surface area (Å²) in [7, 11) is 0. The van der Waals surface area contributed by atoms with Gasteiger partial charge in [0.25, 0.3) is 0 Å². The van der Waals surface area contributed by atoms with E-state index in [-0.39, 0.29) is 6.61 Å². The molecular formula is C18H19O3. The van der Waals surface area contributed by atoms with Gasteiger partial charge in [0.1, 0.15) is 12.4 Å². The third-order valence-corrected chi connectivity index (χ3v) is 3.19. The van der Waals surface area contributed by atoms with Crippen molar-refractivity contribution in [3.63, 3.8) is 0 Å². The summed E-state index contributed by atoms with van der Waals surface area (Å²) in [6.07, 6.45) is 3.23. The van der Waals surface area contributed by atoms with Crippen molar-refractivity contribution < 1.29 is 14.3 Å². The first-order valence-electron chi connectivity index (χ1n) is 7.13. The van der Waals surface area contributed by atoms with Crippen LogP contribution in [0.5, 0.6) is 5.75 Å². The minimum Gasteiger partial charge on any atom is -0.494 e. The van der Waals surface area contributed by atoms with Gasteiger partial charge in [0.05, 0.1) is 6.61 Å². The lowest BCUT2D eigenvalue weighted by molar-refractivity contribution is 0.266. The maximum absolute atomic E-state index is 9.98. The van der Waals surface area contributed by atoms with Crippen molar-refractivity contribution >= 4 is 6.47 Å². The highest BCUT2D eigenvalue weighted by Gasteiger charge is 1.97. The maximum atomic E-state index is 9.98. The number of hydrogen-bond acceptors (Lipinski definition) is 3. The zero-order valence-corrected chi connectivity index (χ0v) is 12.0. The van der Waals surface area contributed by atoms with E-state index in [1.807, 2.05) is 30.3 Å². The predicted octanol–water partition coefficient (Wildman–Crippen LogP) is 3.67. The monoisotopic (exact) mass is 283 g/mol. The third kappa shape index (κ3) is 5.69. The summed E-state index contributed by atoms with van der Waals surface area (Å²) in [6.45, 7) is 2.38. The molecule has 2 rings (SSSR count). The molecule has 21 heavy (non-hydrogen) atoms. The first kappa shape index (κ1) is 15.1. The lowest BCUT2D eigenvalue weighted by Crippen LogP contribution is -1.98. The molecule has 1 radical (unpaired) electrons. The van der Waals surface area contributed by atoms with Crippen molar-refractivity contribution in [2.24, 2.45) is 0 Å². The van der Waals surface area contributed by atoms with Gasteiger partial charge in [-0.1, -0.05) is 42.5 Å². The van der Waals surface area contributed by atoms with Crippen LogP contribution in [0.15, 0.2) is 54.6 Å². The Morgan fingerprint density at radius 1 is 0.857 bits per heavy atom. The molecule has 2 aromatic rings. The largest absolute Gasteiger partial charge is 0.494 e. The first-order valence-corrected chi connectivity index (χ1v) is 7.13. The van der Waals surface area contributed by atoms with Crippen LogP contribution < -0.4 is 4.74 Å². The van der Waals surface area contributed by atoms with Crippen LogP contribution in [0, 0.1) is 0 Å². The van der Waals surface area contributed by atoms with E-state index in [4.69, 9.17) is 4.74 Å². The second-order valence-corrected chi connectivity index (χ2v) is 4.81. The number of aryl methyl sites for hydroxylation is 1. The Hall–Kier alpha value is -2.29. The van der Waals surface area contributed by atoms with Crippen LogP contribution in [0.3, 0.4) is 0 Å². The van der Waals surface area contributed by atoms with E-state index in [2.05, 4.69) is 29.0 Å². The molecule has 0 saturated carbocycles. The molecule has 0 aromatic heterocycles.